The molecule has 1 aromatic rings. The lowest BCUT2D eigenvalue weighted by molar-refractivity contribution is -0.137. The van der Waals surface area contributed by atoms with Crippen molar-refractivity contribution < 1.29 is 23.8 Å². The Morgan fingerprint density at radius 3 is 1.64 bits per heavy atom. The zero-order valence-corrected chi connectivity index (χ0v) is 21.3. The number of hydrogen-bond donors (Lipinski definition) is 0. The summed E-state index contributed by atoms with van der Waals surface area (Å²) in [6.45, 7) is 7.08. The first-order chi connectivity index (χ1) is 16.1. The van der Waals surface area contributed by atoms with Gasteiger partial charge in [-0.1, -0.05) is 91.4 Å². The Balaban J connectivity index is 2.61. The lowest BCUT2D eigenvalue weighted by Crippen LogP contribution is -2.12. The number of ether oxygens (including phenoxy) is 3. The average molecular weight is 463 g/mol. The molecule has 0 radical (unpaired) electrons. The van der Waals surface area contributed by atoms with Crippen molar-refractivity contribution in [3.63, 3.8) is 0 Å². The van der Waals surface area contributed by atoms with Crippen LogP contribution in [0.25, 0.3) is 0 Å². The van der Waals surface area contributed by atoms with Gasteiger partial charge in [0.15, 0.2) is 11.5 Å². The van der Waals surface area contributed by atoms with Crippen molar-refractivity contribution in [2.24, 2.45) is 0 Å². The van der Waals surface area contributed by atoms with Crippen molar-refractivity contribution in [3.05, 3.63) is 18.2 Å². The third-order valence-electron chi connectivity index (χ3n) is 5.60. The first kappa shape index (κ1) is 29.0. The van der Waals surface area contributed by atoms with E-state index in [1.54, 1.807) is 18.2 Å². The van der Waals surface area contributed by atoms with Crippen LogP contribution in [0.3, 0.4) is 0 Å². The Kier molecular flexibility index (Phi) is 17.1. The summed E-state index contributed by atoms with van der Waals surface area (Å²) in [6.07, 6.45) is 16.0. The summed E-state index contributed by atoms with van der Waals surface area (Å²) in [4.78, 5) is 24.7. The summed E-state index contributed by atoms with van der Waals surface area (Å²) in [6, 6.07) is 5.07. The molecule has 33 heavy (non-hydrogen) atoms. The van der Waals surface area contributed by atoms with Gasteiger partial charge in [-0.25, -0.2) is 0 Å². The van der Waals surface area contributed by atoms with Crippen molar-refractivity contribution >= 4 is 11.9 Å². The fourth-order valence-corrected chi connectivity index (χ4v) is 3.52. The minimum absolute atomic E-state index is 0.260. The maximum absolute atomic E-state index is 12.4. The molecule has 0 aliphatic rings. The largest absolute Gasteiger partial charge is 0.493 e. The normalized spacial score (nSPS) is 10.8. The van der Waals surface area contributed by atoms with Crippen LogP contribution in [-0.4, -0.2) is 18.5 Å². The molecule has 5 heteroatoms. The summed E-state index contributed by atoms with van der Waals surface area (Å²) in [5.74, 6) is 0.561. The van der Waals surface area contributed by atoms with Crippen LogP contribution < -0.4 is 14.2 Å². The van der Waals surface area contributed by atoms with Gasteiger partial charge in [0, 0.05) is 18.9 Å². The van der Waals surface area contributed by atoms with E-state index in [0.717, 1.165) is 51.4 Å². The third-order valence-corrected chi connectivity index (χ3v) is 5.60. The van der Waals surface area contributed by atoms with Gasteiger partial charge in [-0.05, 0) is 31.4 Å². The molecule has 0 fully saturated rings. The van der Waals surface area contributed by atoms with E-state index in [0.29, 0.717) is 25.2 Å². The van der Waals surface area contributed by atoms with Crippen LogP contribution in [0.1, 0.15) is 124 Å². The summed E-state index contributed by atoms with van der Waals surface area (Å²) in [5.41, 5.74) is 0. The maximum Gasteiger partial charge on any atom is 0.311 e. The molecule has 0 N–H and O–H groups in total. The summed E-state index contributed by atoms with van der Waals surface area (Å²) < 4.78 is 16.9. The van der Waals surface area contributed by atoms with E-state index in [-0.39, 0.29) is 23.4 Å². The zero-order valence-electron chi connectivity index (χ0n) is 21.3. The topological polar surface area (TPSA) is 61.8 Å². The first-order valence-electron chi connectivity index (χ1n) is 13.3. The minimum atomic E-state index is -0.301. The average Bonchev–Trinajstić information content (AvgIpc) is 2.80. The Hall–Kier alpha value is -2.04. The van der Waals surface area contributed by atoms with Gasteiger partial charge < -0.3 is 14.2 Å². The van der Waals surface area contributed by atoms with Crippen LogP contribution in [0, 0.1) is 0 Å². The molecule has 0 saturated heterocycles. The quantitative estimate of drug-likeness (QED) is 0.111. The van der Waals surface area contributed by atoms with E-state index in [4.69, 9.17) is 14.2 Å². The Morgan fingerprint density at radius 2 is 1.09 bits per heavy atom. The highest BCUT2D eigenvalue weighted by molar-refractivity contribution is 5.76. The van der Waals surface area contributed by atoms with E-state index in [1.807, 2.05) is 0 Å². The second-order valence-electron chi connectivity index (χ2n) is 8.79. The highest BCUT2D eigenvalue weighted by Gasteiger charge is 2.15. The Labute approximate surface area is 201 Å². The Morgan fingerprint density at radius 1 is 0.606 bits per heavy atom. The van der Waals surface area contributed by atoms with Crippen LogP contribution in [0.2, 0.25) is 0 Å². The zero-order chi connectivity index (χ0) is 24.2. The number of carbonyl (C=O) groups is 2. The van der Waals surface area contributed by atoms with Crippen molar-refractivity contribution in [2.45, 2.75) is 124 Å². The molecule has 0 aliphatic heterocycles. The standard InChI is InChI=1S/C28H46O5/c1-4-7-10-12-14-16-18-27(29)32-25-21-20-24(31-22-9-6-3)23-26(25)33-28(30)19-17-15-13-11-8-5-2/h20-21,23H,4-19,22H2,1-3H3. The van der Waals surface area contributed by atoms with E-state index in [1.165, 1.54) is 38.5 Å². The van der Waals surface area contributed by atoms with Crippen LogP contribution in [-0.2, 0) is 9.59 Å². The summed E-state index contributed by atoms with van der Waals surface area (Å²) >= 11 is 0. The molecular formula is C28H46O5. The van der Waals surface area contributed by atoms with Gasteiger partial charge in [-0.2, -0.15) is 0 Å². The fourth-order valence-electron chi connectivity index (χ4n) is 3.52. The molecule has 0 aliphatic carbocycles. The molecule has 1 aromatic carbocycles. The van der Waals surface area contributed by atoms with E-state index in [9.17, 15) is 9.59 Å². The minimum Gasteiger partial charge on any atom is -0.493 e. The molecular weight excluding hydrogens is 416 g/mol. The second kappa shape index (κ2) is 19.4. The molecule has 0 aromatic heterocycles. The highest BCUT2D eigenvalue weighted by Crippen LogP contribution is 2.33. The first-order valence-corrected chi connectivity index (χ1v) is 13.3. The van der Waals surface area contributed by atoms with Gasteiger partial charge >= 0.3 is 11.9 Å². The van der Waals surface area contributed by atoms with Crippen LogP contribution in [0.15, 0.2) is 18.2 Å². The molecule has 0 spiro atoms. The smallest absolute Gasteiger partial charge is 0.311 e. The predicted octanol–water partition coefficient (Wildman–Crippen LogP) is 8.18. The predicted molar refractivity (Wildman–Crippen MR) is 134 cm³/mol. The number of carbonyl (C=O) groups excluding carboxylic acids is 2. The number of esters is 2. The molecule has 1 rings (SSSR count). The maximum atomic E-state index is 12.4. The second-order valence-corrected chi connectivity index (χ2v) is 8.79. The van der Waals surface area contributed by atoms with E-state index >= 15 is 0 Å². The third kappa shape index (κ3) is 14.7. The molecule has 0 bridgehead atoms. The van der Waals surface area contributed by atoms with Crippen molar-refractivity contribution in [3.8, 4) is 17.2 Å². The summed E-state index contributed by atoms with van der Waals surface area (Å²) in [7, 11) is 0. The number of rotatable bonds is 20. The lowest BCUT2D eigenvalue weighted by atomic mass is 10.1. The van der Waals surface area contributed by atoms with Crippen LogP contribution in [0.5, 0.6) is 17.2 Å². The molecule has 0 saturated carbocycles. The van der Waals surface area contributed by atoms with Gasteiger partial charge in [0.05, 0.1) is 6.61 Å². The van der Waals surface area contributed by atoms with Crippen LogP contribution >= 0.6 is 0 Å². The Bertz CT molecular complexity index is 656. The fraction of sp³-hybridized carbons (Fsp3) is 0.714. The number of unbranched alkanes of at least 4 members (excludes halogenated alkanes) is 11. The van der Waals surface area contributed by atoms with Gasteiger partial charge in [-0.15, -0.1) is 0 Å². The van der Waals surface area contributed by atoms with Crippen molar-refractivity contribution in [2.75, 3.05) is 6.61 Å². The number of hydrogen-bond acceptors (Lipinski definition) is 5. The number of benzene rings is 1. The highest BCUT2D eigenvalue weighted by atomic mass is 16.6. The van der Waals surface area contributed by atoms with Gasteiger partial charge in [0.25, 0.3) is 0 Å². The molecule has 0 atom stereocenters. The molecule has 5 nitrogen and oxygen atoms in total. The molecule has 0 unspecified atom stereocenters. The van der Waals surface area contributed by atoms with Gasteiger partial charge in [0.1, 0.15) is 5.75 Å². The molecule has 0 heterocycles. The van der Waals surface area contributed by atoms with E-state index < -0.39 is 0 Å². The van der Waals surface area contributed by atoms with Gasteiger partial charge in [-0.3, -0.25) is 9.59 Å². The SMILES string of the molecule is CCCCCCCCC(=O)Oc1ccc(OCCCC)cc1OC(=O)CCCCCCCC. The van der Waals surface area contributed by atoms with Gasteiger partial charge in [0.2, 0.25) is 0 Å². The molecule has 0 amide bonds. The monoisotopic (exact) mass is 462 g/mol. The molecule has 188 valence electrons. The van der Waals surface area contributed by atoms with Crippen molar-refractivity contribution in [1.29, 1.82) is 0 Å². The van der Waals surface area contributed by atoms with E-state index in [2.05, 4.69) is 20.8 Å². The summed E-state index contributed by atoms with van der Waals surface area (Å²) in [5, 5.41) is 0. The van der Waals surface area contributed by atoms with Crippen molar-refractivity contribution in [1.82, 2.24) is 0 Å². The van der Waals surface area contributed by atoms with Crippen LogP contribution in [0.4, 0.5) is 0 Å². The lowest BCUT2D eigenvalue weighted by Gasteiger charge is -2.13.